The number of aliphatic carboxylic acids is 1. The molecule has 126 valence electrons. The number of carboxylic acid groups (broad SMARTS) is 1. The van der Waals surface area contributed by atoms with Crippen molar-refractivity contribution in [3.63, 3.8) is 0 Å². The molecule has 0 amide bonds. The second-order valence-electron chi connectivity index (χ2n) is 4.61. The average molecular weight is 415 g/mol. The normalized spacial score (nSPS) is 11.0. The van der Waals surface area contributed by atoms with Gasteiger partial charge >= 0.3 is 5.97 Å². The topological polar surface area (TPSA) is 118 Å². The molecule has 0 spiro atoms. The summed E-state index contributed by atoms with van der Waals surface area (Å²) < 4.78 is 26.7. The largest absolute Gasteiger partial charge is 0.480 e. The van der Waals surface area contributed by atoms with Crippen molar-refractivity contribution in [2.24, 2.45) is 0 Å². The molecule has 0 aliphatic rings. The van der Waals surface area contributed by atoms with Crippen LogP contribution in [-0.2, 0) is 14.8 Å². The van der Waals surface area contributed by atoms with Crippen molar-refractivity contribution in [2.75, 3.05) is 10.8 Å². The first-order chi connectivity index (χ1) is 11.2. The molecule has 0 radical (unpaired) electrons. The van der Waals surface area contributed by atoms with Gasteiger partial charge in [-0.15, -0.1) is 0 Å². The summed E-state index contributed by atoms with van der Waals surface area (Å²) in [5, 5.41) is 19.7. The molecule has 0 atom stereocenters. The number of carbonyl (C=O) groups is 1. The van der Waals surface area contributed by atoms with Gasteiger partial charge in [0.2, 0.25) is 0 Å². The van der Waals surface area contributed by atoms with Gasteiger partial charge in [0, 0.05) is 16.6 Å². The van der Waals surface area contributed by atoms with Crippen molar-refractivity contribution in [2.45, 2.75) is 4.90 Å². The van der Waals surface area contributed by atoms with E-state index in [1.54, 1.807) is 18.2 Å². The van der Waals surface area contributed by atoms with Gasteiger partial charge in [-0.2, -0.15) is 0 Å². The van der Waals surface area contributed by atoms with E-state index in [0.29, 0.717) is 4.47 Å². The highest BCUT2D eigenvalue weighted by molar-refractivity contribution is 9.10. The maximum absolute atomic E-state index is 12.8. The summed E-state index contributed by atoms with van der Waals surface area (Å²) in [4.78, 5) is 20.9. The van der Waals surface area contributed by atoms with Gasteiger partial charge in [-0.05, 0) is 40.2 Å². The van der Waals surface area contributed by atoms with Gasteiger partial charge in [-0.1, -0.05) is 12.1 Å². The third kappa shape index (κ3) is 3.71. The first-order valence-electron chi connectivity index (χ1n) is 6.47. The minimum atomic E-state index is -4.21. The number of benzene rings is 2. The van der Waals surface area contributed by atoms with Gasteiger partial charge in [0.25, 0.3) is 15.7 Å². The zero-order valence-corrected chi connectivity index (χ0v) is 14.4. The Morgan fingerprint density at radius 1 is 1.17 bits per heavy atom. The molecule has 0 heterocycles. The molecule has 0 saturated heterocycles. The van der Waals surface area contributed by atoms with E-state index >= 15 is 0 Å². The van der Waals surface area contributed by atoms with E-state index < -0.39 is 27.5 Å². The summed E-state index contributed by atoms with van der Waals surface area (Å²) in [5.74, 6) is -1.34. The van der Waals surface area contributed by atoms with Crippen LogP contribution in [0.5, 0.6) is 0 Å². The molecule has 8 nitrogen and oxygen atoms in total. The summed E-state index contributed by atoms with van der Waals surface area (Å²) in [5.41, 5.74) is -0.113. The molecule has 2 aromatic rings. The van der Waals surface area contributed by atoms with Crippen LogP contribution in [0.15, 0.2) is 57.9 Å². The minimum Gasteiger partial charge on any atom is -0.480 e. The number of halogens is 1. The fraction of sp³-hybridized carbons (Fsp3) is 0.0714. The molecule has 0 aliphatic heterocycles. The predicted molar refractivity (Wildman–Crippen MR) is 89.4 cm³/mol. The van der Waals surface area contributed by atoms with Crippen LogP contribution >= 0.6 is 15.9 Å². The molecule has 10 heteroatoms. The maximum atomic E-state index is 12.8. The number of non-ortho nitro benzene ring substituents is 1. The number of nitro groups is 1. The maximum Gasteiger partial charge on any atom is 0.324 e. The lowest BCUT2D eigenvalue weighted by molar-refractivity contribution is -0.384. The third-order valence-electron chi connectivity index (χ3n) is 3.04. The van der Waals surface area contributed by atoms with E-state index in [1.807, 2.05) is 0 Å². The monoisotopic (exact) mass is 414 g/mol. The van der Waals surface area contributed by atoms with Crippen molar-refractivity contribution in [1.29, 1.82) is 0 Å². The van der Waals surface area contributed by atoms with E-state index in [9.17, 15) is 23.3 Å². The Balaban J connectivity index is 2.53. The summed E-state index contributed by atoms with van der Waals surface area (Å²) in [6.45, 7) is -0.790. The van der Waals surface area contributed by atoms with E-state index in [2.05, 4.69) is 15.9 Å². The van der Waals surface area contributed by atoms with E-state index in [-0.39, 0.29) is 16.3 Å². The lowest BCUT2D eigenvalue weighted by Gasteiger charge is -2.23. The van der Waals surface area contributed by atoms with Gasteiger partial charge in [-0.25, -0.2) is 8.42 Å². The van der Waals surface area contributed by atoms with Gasteiger partial charge in [0.05, 0.1) is 15.5 Å². The Morgan fingerprint density at radius 3 is 2.25 bits per heavy atom. The molecule has 2 rings (SSSR count). The lowest BCUT2D eigenvalue weighted by Crippen LogP contribution is -2.36. The SMILES string of the molecule is O=C(O)CN(c1ccccc1Br)S(=O)(=O)c1ccc([N+](=O)[O-])cc1. The molecule has 0 fully saturated rings. The van der Waals surface area contributed by atoms with Crippen molar-refractivity contribution < 1.29 is 23.2 Å². The number of para-hydroxylation sites is 1. The zero-order chi connectivity index (χ0) is 17.9. The van der Waals surface area contributed by atoms with Crippen LogP contribution < -0.4 is 4.31 Å². The van der Waals surface area contributed by atoms with E-state index in [1.165, 1.54) is 6.07 Å². The molecule has 1 N–H and O–H groups in total. The van der Waals surface area contributed by atoms with Gasteiger partial charge < -0.3 is 5.11 Å². The fourth-order valence-corrected chi connectivity index (χ4v) is 3.99. The van der Waals surface area contributed by atoms with Gasteiger partial charge in [0.1, 0.15) is 6.54 Å². The quantitative estimate of drug-likeness (QED) is 0.573. The van der Waals surface area contributed by atoms with Gasteiger partial charge in [0.15, 0.2) is 0 Å². The third-order valence-corrected chi connectivity index (χ3v) is 5.48. The van der Waals surface area contributed by atoms with E-state index in [0.717, 1.165) is 28.6 Å². The fourth-order valence-electron chi connectivity index (χ4n) is 1.94. The smallest absolute Gasteiger partial charge is 0.324 e. The summed E-state index contributed by atoms with van der Waals surface area (Å²) in [6.07, 6.45) is 0. The minimum absolute atomic E-state index is 0.151. The molecule has 0 aromatic heterocycles. The molecule has 0 bridgehead atoms. The number of carboxylic acids is 1. The zero-order valence-electron chi connectivity index (χ0n) is 12.0. The van der Waals surface area contributed by atoms with Crippen molar-refractivity contribution in [3.8, 4) is 0 Å². The molecule has 24 heavy (non-hydrogen) atoms. The second kappa shape index (κ2) is 6.97. The highest BCUT2D eigenvalue weighted by Crippen LogP contribution is 2.30. The van der Waals surface area contributed by atoms with Crippen LogP contribution in [0.2, 0.25) is 0 Å². The Kier molecular flexibility index (Phi) is 5.20. The van der Waals surface area contributed by atoms with Crippen molar-refractivity contribution in [3.05, 3.63) is 63.1 Å². The predicted octanol–water partition coefficient (Wildman–Crippen LogP) is 2.64. The Hall–Kier alpha value is -2.46. The number of nitrogens with zero attached hydrogens (tertiary/aromatic N) is 2. The first kappa shape index (κ1) is 17.9. The van der Waals surface area contributed by atoms with Crippen LogP contribution in [0.1, 0.15) is 0 Å². The molecule has 0 saturated carbocycles. The first-order valence-corrected chi connectivity index (χ1v) is 8.70. The van der Waals surface area contributed by atoms with Crippen LogP contribution in [0, 0.1) is 10.1 Å². The number of sulfonamides is 1. The average Bonchev–Trinajstić information content (AvgIpc) is 2.53. The van der Waals surface area contributed by atoms with Crippen LogP contribution in [0.3, 0.4) is 0 Å². The van der Waals surface area contributed by atoms with Crippen molar-refractivity contribution in [1.82, 2.24) is 0 Å². The molecule has 0 unspecified atom stereocenters. The number of hydrogen-bond acceptors (Lipinski definition) is 5. The van der Waals surface area contributed by atoms with E-state index in [4.69, 9.17) is 5.11 Å². The Labute approximate surface area is 145 Å². The second-order valence-corrected chi connectivity index (χ2v) is 7.32. The summed E-state index contributed by atoms with van der Waals surface area (Å²) in [6, 6.07) is 10.5. The molecule has 2 aromatic carbocycles. The summed E-state index contributed by atoms with van der Waals surface area (Å²) >= 11 is 3.19. The standard InChI is InChI=1S/C14H11BrN2O6S/c15-12-3-1-2-4-13(12)16(9-14(18)19)24(22,23)11-7-5-10(6-8-11)17(20)21/h1-8H,9H2,(H,18,19). The Bertz CT molecular complexity index is 882. The molecular weight excluding hydrogens is 404 g/mol. The highest BCUT2D eigenvalue weighted by Gasteiger charge is 2.28. The Morgan fingerprint density at radius 2 is 1.75 bits per heavy atom. The van der Waals surface area contributed by atoms with Crippen LogP contribution in [0.4, 0.5) is 11.4 Å². The van der Waals surface area contributed by atoms with Gasteiger partial charge in [-0.3, -0.25) is 19.2 Å². The number of anilines is 1. The van der Waals surface area contributed by atoms with Crippen LogP contribution in [-0.4, -0.2) is 31.0 Å². The number of nitro benzene ring substituents is 1. The van der Waals surface area contributed by atoms with Crippen LogP contribution in [0.25, 0.3) is 0 Å². The molecule has 0 aliphatic carbocycles. The molecular formula is C14H11BrN2O6S. The number of rotatable bonds is 6. The van der Waals surface area contributed by atoms with Crippen molar-refractivity contribution >= 4 is 43.3 Å². The highest BCUT2D eigenvalue weighted by atomic mass is 79.9. The lowest BCUT2D eigenvalue weighted by atomic mass is 10.3. The summed E-state index contributed by atoms with van der Waals surface area (Å²) in [7, 11) is -4.21. The number of hydrogen-bond donors (Lipinski definition) is 1.